The molecule has 0 aliphatic carbocycles. The van der Waals surface area contributed by atoms with Crippen LogP contribution < -0.4 is 4.72 Å². The summed E-state index contributed by atoms with van der Waals surface area (Å²) in [6.45, 7) is 1.68. The molecule has 0 amide bonds. The molecule has 1 atom stereocenters. The quantitative estimate of drug-likeness (QED) is 0.644. The maximum Gasteiger partial charge on any atom is 0.253 e. The summed E-state index contributed by atoms with van der Waals surface area (Å²) in [5.41, 5.74) is 1.21. The van der Waals surface area contributed by atoms with E-state index in [-0.39, 0.29) is 5.03 Å². The van der Waals surface area contributed by atoms with E-state index in [1.807, 2.05) is 24.3 Å². The summed E-state index contributed by atoms with van der Waals surface area (Å²) in [6.07, 6.45) is 0. The second kappa shape index (κ2) is 7.22. The second-order valence-corrected chi connectivity index (χ2v) is 8.11. The number of halogens is 2. The number of fused-ring (bicyclic) bond motifs is 1. The van der Waals surface area contributed by atoms with Crippen LogP contribution in [0.3, 0.4) is 0 Å². The molecule has 2 aromatic carbocycles. The van der Waals surface area contributed by atoms with Crippen LogP contribution in [0.1, 0.15) is 24.3 Å². The highest BCUT2D eigenvalue weighted by molar-refractivity contribution is 7.95. The van der Waals surface area contributed by atoms with Crippen LogP contribution >= 0.6 is 23.2 Å². The second-order valence-electron chi connectivity index (χ2n) is 5.48. The minimum atomic E-state index is -3.99. The topological polar surface area (TPSA) is 59.3 Å². The van der Waals surface area contributed by atoms with Crippen molar-refractivity contribution < 1.29 is 12.8 Å². The summed E-state index contributed by atoms with van der Waals surface area (Å²) >= 11 is 12.2. The summed E-state index contributed by atoms with van der Waals surface area (Å²) in [6, 6.07) is 17.3. The predicted octanol–water partition coefficient (Wildman–Crippen LogP) is 5.22. The molecule has 1 heterocycles. The molecule has 7 heteroatoms. The van der Waals surface area contributed by atoms with Crippen LogP contribution in [0.25, 0.3) is 16.0 Å². The van der Waals surface area contributed by atoms with Crippen molar-refractivity contribution in [2.45, 2.75) is 13.0 Å². The van der Waals surface area contributed by atoms with Crippen LogP contribution in [0.5, 0.6) is 0 Å². The van der Waals surface area contributed by atoms with E-state index in [1.54, 1.807) is 43.3 Å². The lowest BCUT2D eigenvalue weighted by Crippen LogP contribution is -2.26. The van der Waals surface area contributed by atoms with Crippen LogP contribution in [-0.4, -0.2) is 8.42 Å². The van der Waals surface area contributed by atoms with Gasteiger partial charge in [0.2, 0.25) is 0 Å². The average Bonchev–Trinajstić information content (AvgIpc) is 3.05. The van der Waals surface area contributed by atoms with Gasteiger partial charge in [0.05, 0.1) is 11.1 Å². The number of hydrogen-bond acceptors (Lipinski definition) is 3. The van der Waals surface area contributed by atoms with Crippen LogP contribution in [0, 0.1) is 0 Å². The molecule has 4 nitrogen and oxygen atoms in total. The van der Waals surface area contributed by atoms with Gasteiger partial charge < -0.3 is 4.42 Å². The first-order chi connectivity index (χ1) is 11.9. The smallest absolute Gasteiger partial charge is 0.253 e. The van der Waals surface area contributed by atoms with E-state index < -0.39 is 20.4 Å². The lowest BCUT2D eigenvalue weighted by atomic mass is 10.2. The van der Waals surface area contributed by atoms with Gasteiger partial charge >= 0.3 is 0 Å². The fraction of sp³-hybridized carbons (Fsp3) is 0.111. The molecule has 0 radical (unpaired) electrons. The van der Waals surface area contributed by atoms with Gasteiger partial charge in [-0.1, -0.05) is 71.7 Å². The van der Waals surface area contributed by atoms with E-state index in [1.165, 1.54) is 0 Å². The molecule has 1 N–H and O–H groups in total. The highest BCUT2D eigenvalue weighted by Gasteiger charge is 2.24. The van der Waals surface area contributed by atoms with Crippen LogP contribution in [0.2, 0.25) is 0 Å². The minimum absolute atomic E-state index is 0.0356. The van der Waals surface area contributed by atoms with Gasteiger partial charge in [0.1, 0.15) is 11.3 Å². The zero-order chi connectivity index (χ0) is 18.0. The van der Waals surface area contributed by atoms with Gasteiger partial charge in [-0.3, -0.25) is 0 Å². The van der Waals surface area contributed by atoms with E-state index in [4.69, 9.17) is 27.6 Å². The number of sulfonamides is 1. The van der Waals surface area contributed by atoms with Crippen LogP contribution in [0.15, 0.2) is 69.4 Å². The van der Waals surface area contributed by atoms with Gasteiger partial charge in [-0.25, -0.2) is 8.42 Å². The number of furan rings is 1. The van der Waals surface area contributed by atoms with Gasteiger partial charge in [0, 0.05) is 5.39 Å². The molecule has 1 unspecified atom stereocenters. The largest absolute Gasteiger partial charge is 0.459 e. The Labute approximate surface area is 156 Å². The van der Waals surface area contributed by atoms with Gasteiger partial charge in [0.25, 0.3) is 10.0 Å². The zero-order valence-corrected chi connectivity index (χ0v) is 15.6. The molecular formula is C18H15Cl2NO3S. The summed E-state index contributed by atoms with van der Waals surface area (Å²) in [5, 5.41) is 0.860. The third-order valence-electron chi connectivity index (χ3n) is 3.64. The van der Waals surface area contributed by atoms with Crippen LogP contribution in [-0.2, 0) is 10.0 Å². The van der Waals surface area contributed by atoms with Crippen molar-refractivity contribution in [3.8, 4) is 0 Å². The molecule has 1 aromatic heterocycles. The van der Waals surface area contributed by atoms with E-state index >= 15 is 0 Å². The third kappa shape index (κ3) is 3.90. The molecule has 0 fully saturated rings. The summed E-state index contributed by atoms with van der Waals surface area (Å²) in [5.74, 6) is 0.491. The fourth-order valence-electron chi connectivity index (χ4n) is 2.37. The summed E-state index contributed by atoms with van der Waals surface area (Å²) in [4.78, 5) is 0. The first-order valence-corrected chi connectivity index (χ1v) is 9.74. The minimum Gasteiger partial charge on any atom is -0.459 e. The Kier molecular flexibility index (Phi) is 5.20. The molecule has 25 heavy (non-hydrogen) atoms. The van der Waals surface area contributed by atoms with E-state index in [2.05, 4.69) is 4.72 Å². The van der Waals surface area contributed by atoms with Crippen LogP contribution in [0.4, 0.5) is 0 Å². The molecular weight excluding hydrogens is 381 g/mol. The van der Waals surface area contributed by atoms with Gasteiger partial charge in [0.15, 0.2) is 4.36 Å². The molecule has 3 rings (SSSR count). The van der Waals surface area contributed by atoms with Crippen molar-refractivity contribution in [3.05, 3.63) is 76.4 Å². The van der Waals surface area contributed by atoms with E-state index in [0.29, 0.717) is 16.9 Å². The predicted molar refractivity (Wildman–Crippen MR) is 102 cm³/mol. The Bertz CT molecular complexity index is 994. The van der Waals surface area contributed by atoms with E-state index in [9.17, 15) is 8.42 Å². The summed E-state index contributed by atoms with van der Waals surface area (Å²) < 4.78 is 32.7. The molecule has 0 aliphatic rings. The molecule has 130 valence electrons. The first kappa shape index (κ1) is 18.0. The van der Waals surface area contributed by atoms with Gasteiger partial charge in [-0.05, 0) is 24.6 Å². The molecule has 0 saturated carbocycles. The van der Waals surface area contributed by atoms with Crippen molar-refractivity contribution in [3.63, 3.8) is 0 Å². The molecule has 3 aromatic rings. The van der Waals surface area contributed by atoms with Crippen molar-refractivity contribution in [2.75, 3.05) is 0 Å². The Morgan fingerprint density at radius 2 is 1.68 bits per heavy atom. The number of rotatable bonds is 5. The maximum atomic E-state index is 12.5. The Morgan fingerprint density at radius 3 is 2.36 bits per heavy atom. The standard InChI is InChI=1S/C18H15Cl2NO3S/c1-12(16-11-14-9-5-6-10-15(14)24-16)21-25(22,23)18(20)17(19)13-7-3-2-4-8-13/h2-12,21H,1H3. The number of hydrogen-bond donors (Lipinski definition) is 1. The number of para-hydroxylation sites is 1. The Hall–Kier alpha value is -1.79. The average molecular weight is 396 g/mol. The molecule has 0 aliphatic heterocycles. The van der Waals surface area contributed by atoms with Gasteiger partial charge in [-0.2, -0.15) is 4.72 Å². The fourth-order valence-corrected chi connectivity index (χ4v) is 4.09. The zero-order valence-electron chi connectivity index (χ0n) is 13.2. The molecule has 0 saturated heterocycles. The van der Waals surface area contributed by atoms with Crippen molar-refractivity contribution in [1.82, 2.24) is 4.72 Å². The Balaban J connectivity index is 1.87. The molecule has 0 bridgehead atoms. The van der Waals surface area contributed by atoms with Gasteiger partial charge in [-0.15, -0.1) is 0 Å². The maximum absolute atomic E-state index is 12.5. The van der Waals surface area contributed by atoms with Crippen molar-refractivity contribution in [1.29, 1.82) is 0 Å². The SMILES string of the molecule is CC(NS(=O)(=O)C(Cl)=C(Cl)c1ccccc1)c1cc2ccccc2o1. The summed E-state index contributed by atoms with van der Waals surface area (Å²) in [7, 11) is -3.99. The third-order valence-corrected chi connectivity index (χ3v) is 6.39. The Morgan fingerprint density at radius 1 is 1.04 bits per heavy atom. The lowest BCUT2D eigenvalue weighted by Gasteiger charge is -2.12. The lowest BCUT2D eigenvalue weighted by molar-refractivity contribution is 0.486. The normalized spacial score (nSPS) is 14.4. The van der Waals surface area contributed by atoms with Crippen molar-refractivity contribution >= 4 is 49.2 Å². The molecule has 0 spiro atoms. The first-order valence-electron chi connectivity index (χ1n) is 7.50. The monoisotopic (exact) mass is 395 g/mol. The van der Waals surface area contributed by atoms with E-state index in [0.717, 1.165) is 5.39 Å². The van der Waals surface area contributed by atoms with Crippen molar-refractivity contribution in [2.24, 2.45) is 0 Å². The highest BCUT2D eigenvalue weighted by Crippen LogP contribution is 2.30. The highest BCUT2D eigenvalue weighted by atomic mass is 35.5. The number of benzene rings is 2. The number of nitrogens with one attached hydrogen (secondary N) is 1.